The first-order valence-corrected chi connectivity index (χ1v) is 33.5. The molecule has 0 spiro atoms. The molecule has 0 heterocycles. The zero-order chi connectivity index (χ0) is 54.3. The topological polar surface area (TPSA) is 78.9 Å². The van der Waals surface area contributed by atoms with Gasteiger partial charge in [0.15, 0.2) is 6.10 Å². The lowest BCUT2D eigenvalue weighted by Crippen LogP contribution is -2.30. The normalized spacial score (nSPS) is 12.2. The van der Waals surface area contributed by atoms with Gasteiger partial charge < -0.3 is 14.2 Å². The van der Waals surface area contributed by atoms with E-state index in [1.165, 1.54) is 244 Å². The van der Waals surface area contributed by atoms with Crippen molar-refractivity contribution in [3.05, 3.63) is 36.5 Å². The molecule has 0 aliphatic carbocycles. The first-order chi connectivity index (χ1) is 37.0. The molecule has 6 nitrogen and oxygen atoms in total. The smallest absolute Gasteiger partial charge is 0.306 e. The molecule has 75 heavy (non-hydrogen) atoms. The molecule has 0 fully saturated rings. The molecule has 0 radical (unpaired) electrons. The standard InChI is InChI=1S/C69H128O6/c1-4-7-10-13-16-19-22-25-27-29-31-32-33-34-35-36-37-38-40-41-44-47-50-53-56-59-62-68(71)74-65-66(64-73-67(70)61-58-55-52-49-46-43-24-21-18-15-12-9-6-3)75-69(72)63-60-57-54-51-48-45-42-39-30-28-26-23-20-17-14-11-8-5-2/h9,12,18,21,43,46,66H,4-8,10-11,13-17,19-20,22-42,44-45,47-65H2,1-3H3/b12-9-,21-18-,46-43-. The first kappa shape index (κ1) is 72.6. The van der Waals surface area contributed by atoms with Crippen LogP contribution < -0.4 is 0 Å². The van der Waals surface area contributed by atoms with Crippen LogP contribution in [0.5, 0.6) is 0 Å². The Kier molecular flexibility index (Phi) is 62.1. The summed E-state index contributed by atoms with van der Waals surface area (Å²) in [5.74, 6) is -0.880. The van der Waals surface area contributed by atoms with Crippen molar-refractivity contribution in [3.63, 3.8) is 0 Å². The number of rotatable bonds is 62. The van der Waals surface area contributed by atoms with Gasteiger partial charge >= 0.3 is 17.9 Å². The zero-order valence-corrected chi connectivity index (χ0v) is 50.6. The van der Waals surface area contributed by atoms with Gasteiger partial charge in [-0.1, -0.05) is 333 Å². The number of carbonyl (C=O) groups is 3. The third kappa shape index (κ3) is 62.4. The molecule has 0 aromatic carbocycles. The highest BCUT2D eigenvalue weighted by Crippen LogP contribution is 2.19. The maximum atomic E-state index is 12.9. The molecule has 0 saturated heterocycles. The number of esters is 3. The Bertz CT molecular complexity index is 1250. The summed E-state index contributed by atoms with van der Waals surface area (Å²) in [4.78, 5) is 38.3. The van der Waals surface area contributed by atoms with Crippen LogP contribution in [0.4, 0.5) is 0 Å². The minimum absolute atomic E-state index is 0.0760. The fourth-order valence-electron chi connectivity index (χ4n) is 10.2. The van der Waals surface area contributed by atoms with Crippen LogP contribution in [0.25, 0.3) is 0 Å². The largest absolute Gasteiger partial charge is 0.462 e. The van der Waals surface area contributed by atoms with E-state index in [9.17, 15) is 14.4 Å². The van der Waals surface area contributed by atoms with Crippen LogP contribution in [0, 0.1) is 0 Å². The van der Waals surface area contributed by atoms with Gasteiger partial charge in [0.1, 0.15) is 13.2 Å². The molecule has 1 unspecified atom stereocenters. The number of carbonyl (C=O) groups excluding carboxylic acids is 3. The Morgan fingerprint density at radius 2 is 0.520 bits per heavy atom. The average Bonchev–Trinajstić information content (AvgIpc) is 3.41. The minimum atomic E-state index is -0.781. The van der Waals surface area contributed by atoms with Gasteiger partial charge in [-0.2, -0.15) is 0 Å². The van der Waals surface area contributed by atoms with E-state index in [-0.39, 0.29) is 31.1 Å². The van der Waals surface area contributed by atoms with Gasteiger partial charge in [0.25, 0.3) is 0 Å². The van der Waals surface area contributed by atoms with Crippen LogP contribution in [0.2, 0.25) is 0 Å². The van der Waals surface area contributed by atoms with E-state index in [1.54, 1.807) is 0 Å². The predicted molar refractivity (Wildman–Crippen MR) is 326 cm³/mol. The molecule has 0 rings (SSSR count). The number of allylic oxidation sites excluding steroid dienone is 6. The highest BCUT2D eigenvalue weighted by molar-refractivity contribution is 5.71. The second-order valence-electron chi connectivity index (χ2n) is 22.7. The third-order valence-corrected chi connectivity index (χ3v) is 15.2. The lowest BCUT2D eigenvalue weighted by molar-refractivity contribution is -0.167. The van der Waals surface area contributed by atoms with Crippen LogP contribution in [0.1, 0.15) is 367 Å². The highest BCUT2D eigenvalue weighted by atomic mass is 16.6. The molecular formula is C69H128O6. The van der Waals surface area contributed by atoms with Crippen LogP contribution >= 0.6 is 0 Å². The van der Waals surface area contributed by atoms with Gasteiger partial charge in [-0.25, -0.2) is 0 Å². The summed E-state index contributed by atoms with van der Waals surface area (Å²) < 4.78 is 16.9. The van der Waals surface area contributed by atoms with Gasteiger partial charge in [-0.05, 0) is 51.4 Å². The highest BCUT2D eigenvalue weighted by Gasteiger charge is 2.19. The molecule has 6 heteroatoms. The van der Waals surface area contributed by atoms with E-state index < -0.39 is 6.10 Å². The van der Waals surface area contributed by atoms with E-state index in [4.69, 9.17) is 14.2 Å². The van der Waals surface area contributed by atoms with Crippen molar-refractivity contribution in [3.8, 4) is 0 Å². The Balaban J connectivity index is 4.21. The van der Waals surface area contributed by atoms with Crippen LogP contribution in [-0.4, -0.2) is 37.2 Å². The fourth-order valence-corrected chi connectivity index (χ4v) is 10.2. The Morgan fingerprint density at radius 3 is 0.813 bits per heavy atom. The SMILES string of the molecule is CC/C=C\C/C=C\C/C=C\CCCCCC(=O)OCC(COC(=O)CCCCCCCCCCCCCCCCCCCCCCCCCCCC)OC(=O)CCCCCCCCCCCCCCCCCCCC. The van der Waals surface area contributed by atoms with Crippen LogP contribution in [0.3, 0.4) is 0 Å². The van der Waals surface area contributed by atoms with Crippen molar-refractivity contribution >= 4 is 17.9 Å². The second kappa shape index (κ2) is 64.2. The van der Waals surface area contributed by atoms with E-state index in [1.807, 2.05) is 0 Å². The minimum Gasteiger partial charge on any atom is -0.462 e. The molecular weight excluding hydrogens is 925 g/mol. The summed E-state index contributed by atoms with van der Waals surface area (Å²) in [5.41, 5.74) is 0. The van der Waals surface area contributed by atoms with Crippen LogP contribution in [-0.2, 0) is 28.6 Å². The van der Waals surface area contributed by atoms with Gasteiger partial charge in [-0.3, -0.25) is 14.4 Å². The maximum absolute atomic E-state index is 12.9. The number of hydrogen-bond donors (Lipinski definition) is 0. The second-order valence-corrected chi connectivity index (χ2v) is 22.7. The van der Waals surface area contributed by atoms with Gasteiger partial charge in [-0.15, -0.1) is 0 Å². The average molecular weight is 1050 g/mol. The van der Waals surface area contributed by atoms with Gasteiger partial charge in [0.05, 0.1) is 0 Å². The predicted octanol–water partition coefficient (Wildman–Crippen LogP) is 22.8. The molecule has 0 bridgehead atoms. The molecule has 0 aliphatic heterocycles. The fraction of sp³-hybridized carbons (Fsp3) is 0.870. The summed E-state index contributed by atoms with van der Waals surface area (Å²) in [6, 6.07) is 0. The van der Waals surface area contributed by atoms with E-state index in [0.717, 1.165) is 83.5 Å². The monoisotopic (exact) mass is 1050 g/mol. The quantitative estimate of drug-likeness (QED) is 0.0261. The number of hydrogen-bond acceptors (Lipinski definition) is 6. The van der Waals surface area contributed by atoms with E-state index >= 15 is 0 Å². The summed E-state index contributed by atoms with van der Waals surface area (Å²) in [6.45, 7) is 6.57. The van der Waals surface area contributed by atoms with Crippen molar-refractivity contribution in [2.75, 3.05) is 13.2 Å². The van der Waals surface area contributed by atoms with Gasteiger partial charge in [0, 0.05) is 19.3 Å². The molecule has 0 aromatic rings. The Morgan fingerprint density at radius 1 is 0.280 bits per heavy atom. The summed E-state index contributed by atoms with van der Waals surface area (Å²) in [7, 11) is 0. The van der Waals surface area contributed by atoms with Gasteiger partial charge in [0.2, 0.25) is 0 Å². The lowest BCUT2D eigenvalue weighted by atomic mass is 10.0. The Hall–Kier alpha value is -2.37. The van der Waals surface area contributed by atoms with Crippen molar-refractivity contribution in [1.29, 1.82) is 0 Å². The molecule has 0 amide bonds. The molecule has 440 valence electrons. The van der Waals surface area contributed by atoms with E-state index in [0.29, 0.717) is 19.3 Å². The first-order valence-electron chi connectivity index (χ1n) is 33.5. The number of unbranched alkanes of at least 4 members (excludes halogenated alkanes) is 45. The molecule has 0 N–H and O–H groups in total. The molecule has 1 atom stereocenters. The van der Waals surface area contributed by atoms with E-state index in [2.05, 4.69) is 57.2 Å². The maximum Gasteiger partial charge on any atom is 0.306 e. The number of ether oxygens (including phenoxy) is 3. The van der Waals surface area contributed by atoms with Crippen molar-refractivity contribution < 1.29 is 28.6 Å². The summed E-state index contributed by atoms with van der Waals surface area (Å²) >= 11 is 0. The summed E-state index contributed by atoms with van der Waals surface area (Å²) in [6.07, 6.45) is 78.9. The Labute approximate surface area is 467 Å². The zero-order valence-electron chi connectivity index (χ0n) is 50.6. The molecule has 0 aliphatic rings. The third-order valence-electron chi connectivity index (χ3n) is 15.2. The van der Waals surface area contributed by atoms with Crippen molar-refractivity contribution in [1.82, 2.24) is 0 Å². The lowest BCUT2D eigenvalue weighted by Gasteiger charge is -2.18. The summed E-state index contributed by atoms with van der Waals surface area (Å²) in [5, 5.41) is 0. The van der Waals surface area contributed by atoms with Crippen molar-refractivity contribution in [2.45, 2.75) is 374 Å². The van der Waals surface area contributed by atoms with Crippen molar-refractivity contribution in [2.24, 2.45) is 0 Å². The molecule has 0 aromatic heterocycles. The van der Waals surface area contributed by atoms with Crippen LogP contribution in [0.15, 0.2) is 36.5 Å². The molecule has 0 saturated carbocycles.